The van der Waals surface area contributed by atoms with E-state index in [1.165, 1.54) is 19.2 Å². The Kier molecular flexibility index (Phi) is 7.24. The molecular weight excluding hydrogens is 357 g/mol. The van der Waals surface area contributed by atoms with Gasteiger partial charge in [-0.1, -0.05) is 31.2 Å². The maximum atomic E-state index is 12.7. The highest BCUT2D eigenvalue weighted by atomic mass is 19.4. The van der Waals surface area contributed by atoms with Gasteiger partial charge in [-0.05, 0) is 42.8 Å². The second-order valence-electron chi connectivity index (χ2n) is 6.15. The summed E-state index contributed by atoms with van der Waals surface area (Å²) in [5, 5.41) is 2.81. The van der Waals surface area contributed by atoms with Crippen molar-refractivity contribution in [3.63, 3.8) is 0 Å². The molecule has 2 rings (SSSR count). The molecule has 0 bridgehead atoms. The van der Waals surface area contributed by atoms with Gasteiger partial charge in [-0.3, -0.25) is 9.69 Å². The van der Waals surface area contributed by atoms with E-state index in [4.69, 9.17) is 4.74 Å². The highest BCUT2D eigenvalue weighted by Crippen LogP contribution is 2.29. The van der Waals surface area contributed by atoms with Gasteiger partial charge in [0.25, 0.3) is 0 Å². The minimum Gasteiger partial charge on any atom is -0.495 e. The van der Waals surface area contributed by atoms with Crippen LogP contribution in [0.25, 0.3) is 0 Å². The van der Waals surface area contributed by atoms with Gasteiger partial charge in [0, 0.05) is 6.54 Å². The fourth-order valence-corrected chi connectivity index (χ4v) is 2.73. The van der Waals surface area contributed by atoms with Crippen LogP contribution in [0.3, 0.4) is 0 Å². The predicted molar refractivity (Wildman–Crippen MR) is 98.6 cm³/mol. The summed E-state index contributed by atoms with van der Waals surface area (Å²) in [4.78, 5) is 14.3. The van der Waals surface area contributed by atoms with E-state index in [-0.39, 0.29) is 12.5 Å². The van der Waals surface area contributed by atoms with Crippen molar-refractivity contribution in [3.05, 3.63) is 59.7 Å². The van der Waals surface area contributed by atoms with Gasteiger partial charge in [0.2, 0.25) is 5.91 Å². The molecule has 2 aromatic carbocycles. The number of halogens is 3. The molecule has 1 N–H and O–H groups in total. The number of alkyl halides is 3. The van der Waals surface area contributed by atoms with E-state index in [0.717, 1.165) is 24.1 Å². The van der Waals surface area contributed by atoms with Crippen molar-refractivity contribution >= 4 is 11.6 Å². The summed E-state index contributed by atoms with van der Waals surface area (Å²) in [7, 11) is 1.53. The lowest BCUT2D eigenvalue weighted by molar-refractivity contribution is -0.137. The second kappa shape index (κ2) is 9.41. The van der Waals surface area contributed by atoms with Gasteiger partial charge in [-0.2, -0.15) is 13.2 Å². The van der Waals surface area contributed by atoms with Crippen molar-refractivity contribution < 1.29 is 22.7 Å². The molecule has 146 valence electrons. The van der Waals surface area contributed by atoms with E-state index < -0.39 is 11.7 Å². The van der Waals surface area contributed by atoms with Crippen LogP contribution in [0.15, 0.2) is 48.5 Å². The van der Waals surface area contributed by atoms with Crippen LogP contribution in [0.1, 0.15) is 24.5 Å². The molecule has 0 heterocycles. The molecule has 0 spiro atoms. The monoisotopic (exact) mass is 380 g/mol. The van der Waals surface area contributed by atoms with Crippen molar-refractivity contribution in [1.82, 2.24) is 4.90 Å². The zero-order chi connectivity index (χ0) is 19.9. The quantitative estimate of drug-likeness (QED) is 0.730. The Morgan fingerprint density at radius 1 is 1.11 bits per heavy atom. The summed E-state index contributed by atoms with van der Waals surface area (Å²) in [5.74, 6) is 0.357. The number of hydrogen-bond donors (Lipinski definition) is 1. The lowest BCUT2D eigenvalue weighted by atomic mass is 10.1. The van der Waals surface area contributed by atoms with Crippen LogP contribution < -0.4 is 10.1 Å². The average Bonchev–Trinajstić information content (AvgIpc) is 2.62. The number of rotatable bonds is 8. The molecule has 0 aliphatic carbocycles. The number of nitrogens with zero attached hydrogens (tertiary/aromatic N) is 1. The molecule has 0 fully saturated rings. The van der Waals surface area contributed by atoms with Crippen LogP contribution in [0, 0.1) is 0 Å². The topological polar surface area (TPSA) is 41.6 Å². The van der Waals surface area contributed by atoms with E-state index in [1.807, 2.05) is 17.9 Å². The Hall–Kier alpha value is -2.54. The highest BCUT2D eigenvalue weighted by Gasteiger charge is 2.30. The van der Waals surface area contributed by atoms with Gasteiger partial charge in [0.15, 0.2) is 0 Å². The van der Waals surface area contributed by atoms with Crippen LogP contribution in [0.2, 0.25) is 0 Å². The van der Waals surface area contributed by atoms with Crippen LogP contribution in [-0.2, 0) is 17.5 Å². The maximum Gasteiger partial charge on any atom is 0.416 e. The minimum atomic E-state index is -4.35. The number of hydrogen-bond acceptors (Lipinski definition) is 3. The number of carbonyl (C=O) groups is 1. The van der Waals surface area contributed by atoms with Gasteiger partial charge in [0.05, 0.1) is 24.9 Å². The average molecular weight is 380 g/mol. The second-order valence-corrected chi connectivity index (χ2v) is 6.15. The molecule has 4 nitrogen and oxygen atoms in total. The first-order valence-corrected chi connectivity index (χ1v) is 8.65. The first-order valence-electron chi connectivity index (χ1n) is 8.65. The Morgan fingerprint density at radius 3 is 2.37 bits per heavy atom. The fraction of sp³-hybridized carbons (Fsp3) is 0.350. The lowest BCUT2D eigenvalue weighted by Crippen LogP contribution is -2.33. The fourth-order valence-electron chi connectivity index (χ4n) is 2.73. The smallest absolute Gasteiger partial charge is 0.416 e. The summed E-state index contributed by atoms with van der Waals surface area (Å²) < 4.78 is 43.2. The van der Waals surface area contributed by atoms with Crippen molar-refractivity contribution in [3.8, 4) is 5.75 Å². The molecule has 0 radical (unpaired) electrons. The zero-order valence-corrected chi connectivity index (χ0v) is 15.3. The number of para-hydroxylation sites is 2. The number of benzene rings is 2. The molecule has 0 atom stereocenters. The number of carbonyl (C=O) groups excluding carboxylic acids is 1. The largest absolute Gasteiger partial charge is 0.495 e. The van der Waals surface area contributed by atoms with Crippen LogP contribution in [0.4, 0.5) is 18.9 Å². The van der Waals surface area contributed by atoms with E-state index in [9.17, 15) is 18.0 Å². The number of methoxy groups -OCH3 is 1. The van der Waals surface area contributed by atoms with Crippen molar-refractivity contribution in [1.29, 1.82) is 0 Å². The van der Waals surface area contributed by atoms with Crippen molar-refractivity contribution in [2.75, 3.05) is 25.5 Å². The van der Waals surface area contributed by atoms with Crippen LogP contribution in [-0.4, -0.2) is 31.0 Å². The molecule has 1 amide bonds. The summed E-state index contributed by atoms with van der Waals surface area (Å²) in [6, 6.07) is 12.1. The third-order valence-corrected chi connectivity index (χ3v) is 3.98. The summed E-state index contributed by atoms with van der Waals surface area (Å²) >= 11 is 0. The standard InChI is InChI=1S/C20H23F3N2O2/c1-3-12-25(13-15-8-10-16(11-9-15)20(21,22)23)14-19(26)24-17-6-4-5-7-18(17)27-2/h4-11H,3,12-14H2,1-2H3,(H,24,26). The number of ether oxygens (including phenoxy) is 1. The van der Waals surface area contributed by atoms with E-state index in [1.54, 1.807) is 18.2 Å². The van der Waals surface area contributed by atoms with E-state index in [2.05, 4.69) is 5.32 Å². The highest BCUT2D eigenvalue weighted by molar-refractivity contribution is 5.93. The number of nitrogens with one attached hydrogen (secondary N) is 1. The normalized spacial score (nSPS) is 11.5. The summed E-state index contributed by atoms with van der Waals surface area (Å²) in [6.45, 7) is 3.16. The molecule has 2 aromatic rings. The number of amides is 1. The molecule has 0 saturated carbocycles. The van der Waals surface area contributed by atoms with Gasteiger partial charge >= 0.3 is 6.18 Å². The summed E-state index contributed by atoms with van der Waals surface area (Å²) in [5.41, 5.74) is 0.625. The Morgan fingerprint density at radius 2 is 1.78 bits per heavy atom. The van der Waals surface area contributed by atoms with E-state index >= 15 is 0 Å². The van der Waals surface area contributed by atoms with E-state index in [0.29, 0.717) is 24.5 Å². The Bertz CT molecular complexity index is 746. The maximum absolute atomic E-state index is 12.7. The lowest BCUT2D eigenvalue weighted by Gasteiger charge is -2.22. The Labute approximate surface area is 156 Å². The van der Waals surface area contributed by atoms with Gasteiger partial charge in [0.1, 0.15) is 5.75 Å². The number of anilines is 1. The van der Waals surface area contributed by atoms with Crippen molar-refractivity contribution in [2.45, 2.75) is 26.1 Å². The molecular formula is C20H23F3N2O2. The first kappa shape index (κ1) is 20.8. The molecule has 0 aliphatic rings. The molecule has 0 saturated heterocycles. The SMILES string of the molecule is CCCN(CC(=O)Nc1ccccc1OC)Cc1ccc(C(F)(F)F)cc1. The predicted octanol–water partition coefficient (Wildman–Crippen LogP) is 4.56. The third-order valence-electron chi connectivity index (χ3n) is 3.98. The van der Waals surface area contributed by atoms with Gasteiger partial charge in [-0.25, -0.2) is 0 Å². The van der Waals surface area contributed by atoms with Crippen molar-refractivity contribution in [2.24, 2.45) is 0 Å². The molecule has 0 aromatic heterocycles. The molecule has 7 heteroatoms. The zero-order valence-electron chi connectivity index (χ0n) is 15.3. The Balaban J connectivity index is 2.01. The minimum absolute atomic E-state index is 0.132. The van der Waals surface area contributed by atoms with Gasteiger partial charge in [-0.15, -0.1) is 0 Å². The molecule has 0 unspecified atom stereocenters. The summed E-state index contributed by atoms with van der Waals surface area (Å²) in [6.07, 6.45) is -3.53. The molecule has 0 aliphatic heterocycles. The third kappa shape index (κ3) is 6.29. The van der Waals surface area contributed by atoms with Gasteiger partial charge < -0.3 is 10.1 Å². The van der Waals surface area contributed by atoms with Crippen LogP contribution in [0.5, 0.6) is 5.75 Å². The molecule has 27 heavy (non-hydrogen) atoms. The first-order chi connectivity index (χ1) is 12.8. The van der Waals surface area contributed by atoms with Crippen LogP contribution >= 0.6 is 0 Å².